The van der Waals surface area contributed by atoms with Crippen LogP contribution < -0.4 is 14.8 Å². The molecule has 0 saturated heterocycles. The minimum atomic E-state index is 0.757. The quantitative estimate of drug-likeness (QED) is 0.851. The van der Waals surface area contributed by atoms with Crippen LogP contribution in [0.2, 0.25) is 0 Å². The van der Waals surface area contributed by atoms with Gasteiger partial charge in [0.15, 0.2) is 11.5 Å². The summed E-state index contributed by atoms with van der Waals surface area (Å²) in [4.78, 5) is 4.48. The van der Waals surface area contributed by atoms with E-state index < -0.39 is 0 Å². The van der Waals surface area contributed by atoms with E-state index in [0.717, 1.165) is 42.7 Å². The molecule has 2 aromatic rings. The summed E-state index contributed by atoms with van der Waals surface area (Å²) in [5.74, 6) is 2.45. The zero-order valence-corrected chi connectivity index (χ0v) is 13.1. The zero-order valence-electron chi connectivity index (χ0n) is 13.1. The van der Waals surface area contributed by atoms with Gasteiger partial charge in [0.1, 0.15) is 0 Å². The summed E-state index contributed by atoms with van der Waals surface area (Å²) in [6.45, 7) is 5.82. The zero-order chi connectivity index (χ0) is 15.2. The van der Waals surface area contributed by atoms with Crippen LogP contribution in [-0.4, -0.2) is 30.3 Å². The van der Waals surface area contributed by atoms with Crippen molar-refractivity contribution in [3.8, 4) is 11.5 Å². The first kappa shape index (κ1) is 15.2. The molecule has 0 saturated carbocycles. The van der Waals surface area contributed by atoms with Crippen LogP contribution in [0.5, 0.6) is 11.5 Å². The van der Waals surface area contributed by atoms with Gasteiger partial charge in [-0.3, -0.25) is 0 Å². The monoisotopic (exact) mass is 289 g/mol. The van der Waals surface area contributed by atoms with Gasteiger partial charge in [0, 0.05) is 19.3 Å². The number of hydrogen-bond donors (Lipinski definition) is 1. The van der Waals surface area contributed by atoms with E-state index in [1.54, 1.807) is 14.2 Å². The Hall–Kier alpha value is -2.17. The Labute approximate surface area is 125 Å². The molecule has 0 bridgehead atoms. The lowest BCUT2D eigenvalue weighted by Crippen LogP contribution is -2.08. The Bertz CT molecular complexity index is 593. The molecule has 0 unspecified atom stereocenters. The Balaban J connectivity index is 2.09. The molecule has 2 rings (SSSR count). The van der Waals surface area contributed by atoms with E-state index in [1.807, 2.05) is 19.1 Å². The molecule has 1 aromatic carbocycles. The molecule has 0 radical (unpaired) electrons. The van der Waals surface area contributed by atoms with E-state index in [9.17, 15) is 0 Å². The van der Waals surface area contributed by atoms with Gasteiger partial charge in [0.25, 0.3) is 0 Å². The Morgan fingerprint density at radius 1 is 1.19 bits per heavy atom. The molecule has 21 heavy (non-hydrogen) atoms. The second kappa shape index (κ2) is 7.02. The van der Waals surface area contributed by atoms with Crippen molar-refractivity contribution in [2.45, 2.75) is 26.8 Å². The molecule has 1 N–H and O–H groups in total. The highest BCUT2D eigenvalue weighted by atomic mass is 16.5. The summed E-state index contributed by atoms with van der Waals surface area (Å²) in [7, 11) is 3.30. The van der Waals surface area contributed by atoms with E-state index in [1.165, 1.54) is 5.56 Å². The van der Waals surface area contributed by atoms with Gasteiger partial charge in [-0.25, -0.2) is 4.98 Å². The highest BCUT2D eigenvalue weighted by Crippen LogP contribution is 2.27. The van der Waals surface area contributed by atoms with E-state index in [-0.39, 0.29) is 0 Å². The first-order chi connectivity index (χ1) is 10.2. The van der Waals surface area contributed by atoms with Crippen molar-refractivity contribution >= 4 is 5.95 Å². The van der Waals surface area contributed by atoms with Gasteiger partial charge in [-0.15, -0.1) is 0 Å². The number of rotatable bonds is 7. The van der Waals surface area contributed by atoms with Crippen LogP contribution in [0.1, 0.15) is 18.2 Å². The van der Waals surface area contributed by atoms with Gasteiger partial charge in [0.05, 0.1) is 19.9 Å². The van der Waals surface area contributed by atoms with Gasteiger partial charge in [-0.2, -0.15) is 0 Å². The lowest BCUT2D eigenvalue weighted by molar-refractivity contribution is 0.354. The molecule has 0 aliphatic heterocycles. The first-order valence-electron chi connectivity index (χ1n) is 7.16. The topological polar surface area (TPSA) is 48.3 Å². The maximum Gasteiger partial charge on any atom is 0.203 e. The number of imidazole rings is 1. The standard InChI is InChI=1S/C16H23N3O2/c1-5-17-16-18-12(2)11-19(16)9-8-13-6-7-14(20-3)15(10-13)21-4/h6-7,10-11H,5,8-9H2,1-4H3,(H,17,18). The third-order valence-corrected chi connectivity index (χ3v) is 3.32. The summed E-state index contributed by atoms with van der Waals surface area (Å²) >= 11 is 0. The summed E-state index contributed by atoms with van der Waals surface area (Å²) in [6.07, 6.45) is 2.98. The summed E-state index contributed by atoms with van der Waals surface area (Å²) in [5.41, 5.74) is 2.24. The largest absolute Gasteiger partial charge is 0.493 e. The van der Waals surface area contributed by atoms with E-state index in [2.05, 4.69) is 34.1 Å². The summed E-state index contributed by atoms with van der Waals surface area (Å²) in [5, 5.41) is 3.28. The molecule has 0 spiro atoms. The lowest BCUT2D eigenvalue weighted by Gasteiger charge is -2.11. The van der Waals surface area contributed by atoms with Gasteiger partial charge in [0.2, 0.25) is 5.95 Å². The van der Waals surface area contributed by atoms with Crippen molar-refractivity contribution in [1.82, 2.24) is 9.55 Å². The van der Waals surface area contributed by atoms with Crippen LogP contribution in [-0.2, 0) is 13.0 Å². The Kier molecular flexibility index (Phi) is 5.09. The van der Waals surface area contributed by atoms with Crippen LogP contribution in [0.15, 0.2) is 24.4 Å². The molecule has 0 fully saturated rings. The van der Waals surface area contributed by atoms with Gasteiger partial charge in [-0.1, -0.05) is 6.07 Å². The number of methoxy groups -OCH3 is 2. The van der Waals surface area contributed by atoms with Crippen molar-refractivity contribution in [3.63, 3.8) is 0 Å². The number of nitrogens with one attached hydrogen (secondary N) is 1. The average Bonchev–Trinajstić information content (AvgIpc) is 2.85. The minimum Gasteiger partial charge on any atom is -0.493 e. The molecule has 0 aliphatic carbocycles. The summed E-state index contributed by atoms with van der Waals surface area (Å²) in [6, 6.07) is 6.03. The van der Waals surface area contributed by atoms with Crippen LogP contribution in [0.25, 0.3) is 0 Å². The van der Waals surface area contributed by atoms with E-state index in [0.29, 0.717) is 0 Å². The molecule has 5 heteroatoms. The fourth-order valence-corrected chi connectivity index (χ4v) is 2.30. The fraction of sp³-hybridized carbons (Fsp3) is 0.438. The first-order valence-corrected chi connectivity index (χ1v) is 7.16. The van der Waals surface area contributed by atoms with E-state index >= 15 is 0 Å². The van der Waals surface area contributed by atoms with Crippen molar-refractivity contribution < 1.29 is 9.47 Å². The average molecular weight is 289 g/mol. The molecule has 0 aliphatic rings. The molecular formula is C16H23N3O2. The molecule has 114 valence electrons. The van der Waals surface area contributed by atoms with Gasteiger partial charge in [-0.05, 0) is 38.0 Å². The second-order valence-corrected chi connectivity index (χ2v) is 4.87. The number of aryl methyl sites for hydroxylation is 3. The van der Waals surface area contributed by atoms with Crippen LogP contribution in [0.4, 0.5) is 5.95 Å². The minimum absolute atomic E-state index is 0.757. The van der Waals surface area contributed by atoms with Crippen LogP contribution in [0.3, 0.4) is 0 Å². The third-order valence-electron chi connectivity index (χ3n) is 3.32. The summed E-state index contributed by atoms with van der Waals surface area (Å²) < 4.78 is 12.7. The number of anilines is 1. The highest BCUT2D eigenvalue weighted by molar-refractivity contribution is 5.43. The number of nitrogens with zero attached hydrogens (tertiary/aromatic N) is 2. The number of ether oxygens (including phenoxy) is 2. The van der Waals surface area contributed by atoms with Crippen LogP contribution in [0, 0.1) is 6.92 Å². The Morgan fingerprint density at radius 2 is 1.95 bits per heavy atom. The van der Waals surface area contributed by atoms with Gasteiger partial charge < -0.3 is 19.4 Å². The molecule has 1 heterocycles. The van der Waals surface area contributed by atoms with E-state index in [4.69, 9.17) is 9.47 Å². The predicted molar refractivity (Wildman–Crippen MR) is 84.4 cm³/mol. The number of aromatic nitrogens is 2. The van der Waals surface area contributed by atoms with Gasteiger partial charge >= 0.3 is 0 Å². The fourth-order valence-electron chi connectivity index (χ4n) is 2.30. The number of benzene rings is 1. The van der Waals surface area contributed by atoms with Crippen molar-refractivity contribution in [1.29, 1.82) is 0 Å². The normalized spacial score (nSPS) is 10.5. The smallest absolute Gasteiger partial charge is 0.203 e. The second-order valence-electron chi connectivity index (χ2n) is 4.87. The molecule has 5 nitrogen and oxygen atoms in total. The predicted octanol–water partition coefficient (Wildman–Crippen LogP) is 2.88. The highest BCUT2D eigenvalue weighted by Gasteiger charge is 2.07. The maximum atomic E-state index is 5.34. The molecule has 0 atom stereocenters. The lowest BCUT2D eigenvalue weighted by atomic mass is 10.1. The van der Waals surface area contributed by atoms with Crippen molar-refractivity contribution in [3.05, 3.63) is 35.7 Å². The van der Waals surface area contributed by atoms with Crippen LogP contribution >= 0.6 is 0 Å². The van der Waals surface area contributed by atoms with Crippen molar-refractivity contribution in [2.75, 3.05) is 26.1 Å². The molecule has 1 aromatic heterocycles. The van der Waals surface area contributed by atoms with Crippen molar-refractivity contribution in [2.24, 2.45) is 0 Å². The Morgan fingerprint density at radius 3 is 2.62 bits per heavy atom. The SMILES string of the molecule is CCNc1nc(C)cn1CCc1ccc(OC)c(OC)c1. The molecule has 0 amide bonds. The number of hydrogen-bond acceptors (Lipinski definition) is 4. The third kappa shape index (κ3) is 3.68. The molecular weight excluding hydrogens is 266 g/mol. The maximum absolute atomic E-state index is 5.34.